The topological polar surface area (TPSA) is 99.0 Å². The van der Waals surface area contributed by atoms with Crippen LogP contribution >= 0.6 is 0 Å². The lowest BCUT2D eigenvalue weighted by molar-refractivity contribution is 0.141. The molecular formula is C20H21N5O2. The summed E-state index contributed by atoms with van der Waals surface area (Å²) in [7, 11) is 0. The van der Waals surface area contributed by atoms with Gasteiger partial charge >= 0.3 is 0 Å². The normalized spacial score (nSPS) is 20.1. The van der Waals surface area contributed by atoms with Crippen LogP contribution < -0.4 is 10.5 Å². The zero-order chi connectivity index (χ0) is 18.6. The molecule has 1 aliphatic heterocycles. The Labute approximate surface area is 157 Å². The minimum atomic E-state index is -0.170. The quantitative estimate of drug-likeness (QED) is 0.765. The molecule has 138 valence electrons. The lowest BCUT2D eigenvalue weighted by atomic mass is 9.96. The standard InChI is InChI=1S/C20H21N5O2/c21-12-15-7-10-26-11-8-16(15)25-17-6-9-23-20(18(17)19(22)24-25)27-13-14-4-2-1-3-5-14/h1-6,9,15-16H,7-8,10-11,13H2,(H2,22,24)/t15-,16-/m0/s1. The van der Waals surface area contributed by atoms with Crippen molar-refractivity contribution in [3.05, 3.63) is 48.2 Å². The fourth-order valence-corrected chi connectivity index (χ4v) is 3.53. The molecule has 4 rings (SSSR count). The summed E-state index contributed by atoms with van der Waals surface area (Å²) in [4.78, 5) is 4.35. The maximum absolute atomic E-state index is 9.58. The number of rotatable bonds is 4. The van der Waals surface area contributed by atoms with Gasteiger partial charge in [-0.05, 0) is 24.5 Å². The smallest absolute Gasteiger partial charge is 0.227 e. The van der Waals surface area contributed by atoms with Crippen molar-refractivity contribution in [2.45, 2.75) is 25.5 Å². The first-order valence-corrected chi connectivity index (χ1v) is 9.04. The van der Waals surface area contributed by atoms with E-state index in [1.54, 1.807) is 6.20 Å². The summed E-state index contributed by atoms with van der Waals surface area (Å²) in [6.07, 6.45) is 3.09. The second kappa shape index (κ2) is 7.64. The number of benzene rings is 1. The Morgan fingerprint density at radius 3 is 2.85 bits per heavy atom. The molecule has 0 saturated carbocycles. The summed E-state index contributed by atoms with van der Waals surface area (Å²) in [5.74, 6) is 0.651. The van der Waals surface area contributed by atoms with Crippen LogP contribution in [0, 0.1) is 17.2 Å². The van der Waals surface area contributed by atoms with Crippen LogP contribution in [0.4, 0.5) is 5.82 Å². The molecule has 0 amide bonds. The first-order chi connectivity index (χ1) is 13.3. The van der Waals surface area contributed by atoms with Gasteiger partial charge in [-0.2, -0.15) is 10.4 Å². The predicted molar refractivity (Wildman–Crippen MR) is 101 cm³/mol. The summed E-state index contributed by atoms with van der Waals surface area (Å²) in [5.41, 5.74) is 8.09. The first kappa shape index (κ1) is 17.3. The van der Waals surface area contributed by atoms with E-state index in [9.17, 15) is 5.26 Å². The van der Waals surface area contributed by atoms with Gasteiger partial charge in [0.1, 0.15) is 12.0 Å². The highest BCUT2D eigenvalue weighted by molar-refractivity contribution is 5.93. The number of fused-ring (bicyclic) bond motifs is 1. The van der Waals surface area contributed by atoms with Crippen molar-refractivity contribution in [2.24, 2.45) is 5.92 Å². The summed E-state index contributed by atoms with van der Waals surface area (Å²) in [6, 6.07) is 14.1. The van der Waals surface area contributed by atoms with Gasteiger partial charge in [-0.15, -0.1) is 0 Å². The number of nitrogens with two attached hydrogens (primary N) is 1. The molecule has 3 aromatic rings. The van der Waals surface area contributed by atoms with Crippen LogP contribution in [0.1, 0.15) is 24.4 Å². The molecule has 2 N–H and O–H groups in total. The van der Waals surface area contributed by atoms with Gasteiger partial charge in [0.05, 0.1) is 23.5 Å². The fourth-order valence-electron chi connectivity index (χ4n) is 3.53. The molecule has 1 aromatic carbocycles. The van der Waals surface area contributed by atoms with Gasteiger partial charge in [-0.3, -0.25) is 4.68 Å². The largest absolute Gasteiger partial charge is 0.472 e. The lowest BCUT2D eigenvalue weighted by Gasteiger charge is -2.20. The zero-order valence-electron chi connectivity index (χ0n) is 14.9. The Morgan fingerprint density at radius 2 is 2.04 bits per heavy atom. The first-order valence-electron chi connectivity index (χ1n) is 9.04. The van der Waals surface area contributed by atoms with E-state index in [0.717, 1.165) is 17.5 Å². The Bertz CT molecular complexity index is 964. The molecule has 0 bridgehead atoms. The average molecular weight is 363 g/mol. The number of anilines is 1. The molecule has 0 aliphatic carbocycles. The van der Waals surface area contributed by atoms with Crippen LogP contribution in [0.25, 0.3) is 10.9 Å². The van der Waals surface area contributed by atoms with E-state index in [1.165, 1.54) is 0 Å². The third kappa shape index (κ3) is 3.44. The van der Waals surface area contributed by atoms with Crippen molar-refractivity contribution in [3.8, 4) is 11.9 Å². The summed E-state index contributed by atoms with van der Waals surface area (Å²) >= 11 is 0. The number of nitrogens with zero attached hydrogens (tertiary/aromatic N) is 4. The molecule has 0 spiro atoms. The number of ether oxygens (including phenoxy) is 2. The van der Waals surface area contributed by atoms with Crippen LogP contribution in [0.3, 0.4) is 0 Å². The van der Waals surface area contributed by atoms with E-state index in [0.29, 0.717) is 43.3 Å². The number of hydrogen-bond acceptors (Lipinski definition) is 6. The predicted octanol–water partition coefficient (Wildman–Crippen LogP) is 3.08. The highest BCUT2D eigenvalue weighted by atomic mass is 16.5. The molecular weight excluding hydrogens is 342 g/mol. The van der Waals surface area contributed by atoms with Gasteiger partial charge in [0.25, 0.3) is 0 Å². The van der Waals surface area contributed by atoms with Crippen molar-refractivity contribution in [3.63, 3.8) is 0 Å². The summed E-state index contributed by atoms with van der Waals surface area (Å²) < 4.78 is 13.3. The minimum Gasteiger partial charge on any atom is -0.472 e. The second-order valence-electron chi connectivity index (χ2n) is 6.61. The molecule has 1 saturated heterocycles. The fraction of sp³-hybridized carbons (Fsp3) is 0.350. The van der Waals surface area contributed by atoms with Crippen molar-refractivity contribution in [2.75, 3.05) is 18.9 Å². The molecule has 7 heteroatoms. The maximum Gasteiger partial charge on any atom is 0.227 e. The van der Waals surface area contributed by atoms with Crippen molar-refractivity contribution >= 4 is 16.7 Å². The van der Waals surface area contributed by atoms with E-state index in [-0.39, 0.29) is 12.0 Å². The lowest BCUT2D eigenvalue weighted by Crippen LogP contribution is -2.19. The van der Waals surface area contributed by atoms with E-state index >= 15 is 0 Å². The van der Waals surface area contributed by atoms with Gasteiger partial charge in [0.15, 0.2) is 5.82 Å². The second-order valence-corrected chi connectivity index (χ2v) is 6.61. The van der Waals surface area contributed by atoms with Gasteiger partial charge in [-0.1, -0.05) is 30.3 Å². The number of pyridine rings is 1. The van der Waals surface area contributed by atoms with E-state index in [1.807, 2.05) is 41.1 Å². The molecule has 3 heterocycles. The van der Waals surface area contributed by atoms with Gasteiger partial charge in [-0.25, -0.2) is 4.98 Å². The van der Waals surface area contributed by atoms with Gasteiger partial charge < -0.3 is 15.2 Å². The molecule has 1 aliphatic rings. The van der Waals surface area contributed by atoms with E-state index < -0.39 is 0 Å². The van der Waals surface area contributed by atoms with Gasteiger partial charge in [0, 0.05) is 19.4 Å². The van der Waals surface area contributed by atoms with Gasteiger partial charge in [0.2, 0.25) is 5.88 Å². The summed E-state index contributed by atoms with van der Waals surface area (Å²) in [6.45, 7) is 1.60. The number of hydrogen-bond donors (Lipinski definition) is 1. The molecule has 7 nitrogen and oxygen atoms in total. The van der Waals surface area contributed by atoms with Crippen LogP contribution in [0.2, 0.25) is 0 Å². The third-order valence-electron chi connectivity index (χ3n) is 4.91. The minimum absolute atomic E-state index is 0.0818. The highest BCUT2D eigenvalue weighted by Gasteiger charge is 2.29. The Hall–Kier alpha value is -3.11. The van der Waals surface area contributed by atoms with Crippen LogP contribution in [0.15, 0.2) is 42.6 Å². The average Bonchev–Trinajstić information content (AvgIpc) is 2.89. The van der Waals surface area contributed by atoms with E-state index in [2.05, 4.69) is 16.2 Å². The Balaban J connectivity index is 1.69. The molecule has 2 aromatic heterocycles. The molecule has 2 atom stereocenters. The number of nitrogen functional groups attached to an aromatic ring is 1. The SMILES string of the molecule is N#C[C@@H]1CCOCC[C@@H]1n1nc(N)c2c(OCc3ccccc3)nccc21. The third-order valence-corrected chi connectivity index (χ3v) is 4.91. The number of nitriles is 1. The van der Waals surface area contributed by atoms with Crippen LogP contribution in [0.5, 0.6) is 5.88 Å². The molecule has 0 radical (unpaired) electrons. The van der Waals surface area contributed by atoms with Crippen molar-refractivity contribution in [1.29, 1.82) is 5.26 Å². The molecule has 1 fully saturated rings. The zero-order valence-corrected chi connectivity index (χ0v) is 14.9. The van der Waals surface area contributed by atoms with Crippen LogP contribution in [-0.4, -0.2) is 28.0 Å². The summed E-state index contributed by atoms with van der Waals surface area (Å²) in [5, 5.41) is 14.8. The van der Waals surface area contributed by atoms with Crippen molar-refractivity contribution < 1.29 is 9.47 Å². The maximum atomic E-state index is 9.58. The Kier molecular flexibility index (Phi) is 4.90. The number of aromatic nitrogens is 3. The monoisotopic (exact) mass is 363 g/mol. The van der Waals surface area contributed by atoms with Crippen molar-refractivity contribution in [1.82, 2.24) is 14.8 Å². The molecule has 0 unspecified atom stereocenters. The van der Waals surface area contributed by atoms with E-state index in [4.69, 9.17) is 15.2 Å². The Morgan fingerprint density at radius 1 is 1.22 bits per heavy atom. The highest BCUT2D eigenvalue weighted by Crippen LogP contribution is 2.35. The van der Waals surface area contributed by atoms with Crippen LogP contribution in [-0.2, 0) is 11.3 Å². The molecule has 27 heavy (non-hydrogen) atoms.